The molecule has 1 unspecified atom stereocenters. The Balaban J connectivity index is 1.93. The number of thiazole rings is 1. The number of nitrogens with zero attached hydrogens (tertiary/aromatic N) is 2. The second kappa shape index (κ2) is 7.16. The quantitative estimate of drug-likeness (QED) is 0.765. The van der Waals surface area contributed by atoms with E-state index in [0.717, 1.165) is 29.0 Å². The van der Waals surface area contributed by atoms with E-state index >= 15 is 0 Å². The molecule has 0 aliphatic carbocycles. The third-order valence-corrected chi connectivity index (χ3v) is 4.63. The molecule has 3 aromatic rings. The Morgan fingerprint density at radius 3 is 2.42 bits per heavy atom. The standard InChI is InChI=1S/C19H17N3OS/c1-23-16-8-6-15(7-9-16)17(18-12-24-19(21)22-18)10-13-2-4-14(11-20)5-3-13/h2-9,12,17H,10H2,1H3,(H2,21,22). The second-order valence-electron chi connectivity index (χ2n) is 5.45. The largest absolute Gasteiger partial charge is 0.497 e. The molecule has 1 heterocycles. The highest BCUT2D eigenvalue weighted by atomic mass is 32.1. The number of anilines is 1. The van der Waals surface area contributed by atoms with E-state index in [1.54, 1.807) is 7.11 Å². The van der Waals surface area contributed by atoms with E-state index in [2.05, 4.69) is 23.2 Å². The zero-order chi connectivity index (χ0) is 16.9. The Kier molecular flexibility index (Phi) is 4.78. The number of aromatic nitrogens is 1. The fourth-order valence-corrected chi connectivity index (χ4v) is 3.26. The van der Waals surface area contributed by atoms with Gasteiger partial charge in [-0.15, -0.1) is 11.3 Å². The molecule has 0 spiro atoms. The lowest BCUT2D eigenvalue weighted by molar-refractivity contribution is 0.414. The summed E-state index contributed by atoms with van der Waals surface area (Å²) in [5.74, 6) is 0.936. The molecule has 0 aliphatic heterocycles. The molecule has 4 nitrogen and oxygen atoms in total. The van der Waals surface area contributed by atoms with Crippen molar-refractivity contribution in [1.82, 2.24) is 4.98 Å². The number of rotatable bonds is 5. The Morgan fingerprint density at radius 2 is 1.88 bits per heavy atom. The molecule has 0 amide bonds. The van der Waals surface area contributed by atoms with Gasteiger partial charge in [0.2, 0.25) is 0 Å². The number of methoxy groups -OCH3 is 1. The van der Waals surface area contributed by atoms with Gasteiger partial charge in [-0.1, -0.05) is 24.3 Å². The number of hydrogen-bond acceptors (Lipinski definition) is 5. The van der Waals surface area contributed by atoms with Gasteiger partial charge in [0, 0.05) is 11.3 Å². The van der Waals surface area contributed by atoms with Gasteiger partial charge in [0.1, 0.15) is 5.75 Å². The van der Waals surface area contributed by atoms with Crippen LogP contribution >= 0.6 is 11.3 Å². The fraction of sp³-hybridized carbons (Fsp3) is 0.158. The summed E-state index contributed by atoms with van der Waals surface area (Å²) >= 11 is 1.45. The zero-order valence-corrected chi connectivity index (χ0v) is 14.1. The molecule has 120 valence electrons. The number of hydrogen-bond donors (Lipinski definition) is 1. The van der Waals surface area contributed by atoms with Gasteiger partial charge in [0.15, 0.2) is 5.13 Å². The van der Waals surface area contributed by atoms with E-state index in [0.29, 0.717) is 10.7 Å². The van der Waals surface area contributed by atoms with Crippen molar-refractivity contribution in [3.8, 4) is 11.8 Å². The topological polar surface area (TPSA) is 71.9 Å². The highest BCUT2D eigenvalue weighted by Crippen LogP contribution is 2.31. The third kappa shape index (κ3) is 3.55. The molecular weight excluding hydrogens is 318 g/mol. The van der Waals surface area contributed by atoms with Gasteiger partial charge in [-0.2, -0.15) is 5.26 Å². The van der Waals surface area contributed by atoms with Gasteiger partial charge in [-0.25, -0.2) is 4.98 Å². The summed E-state index contributed by atoms with van der Waals surface area (Å²) in [6.45, 7) is 0. The van der Waals surface area contributed by atoms with Gasteiger partial charge in [0.05, 0.1) is 24.4 Å². The van der Waals surface area contributed by atoms with Crippen molar-refractivity contribution < 1.29 is 4.74 Å². The average Bonchev–Trinajstić information content (AvgIpc) is 3.06. The van der Waals surface area contributed by atoms with Gasteiger partial charge < -0.3 is 10.5 Å². The van der Waals surface area contributed by atoms with Crippen molar-refractivity contribution in [3.63, 3.8) is 0 Å². The van der Waals surface area contributed by atoms with Crippen molar-refractivity contribution in [2.24, 2.45) is 0 Å². The van der Waals surface area contributed by atoms with Crippen molar-refractivity contribution in [2.45, 2.75) is 12.3 Å². The maximum Gasteiger partial charge on any atom is 0.180 e. The number of nitrogens with two attached hydrogens (primary N) is 1. The molecule has 2 N–H and O–H groups in total. The molecule has 0 aliphatic rings. The molecule has 1 atom stereocenters. The Hall–Kier alpha value is -2.84. The van der Waals surface area contributed by atoms with E-state index in [9.17, 15) is 0 Å². The van der Waals surface area contributed by atoms with Crippen LogP contribution in [0.4, 0.5) is 5.13 Å². The van der Waals surface area contributed by atoms with Crippen LogP contribution in [0.15, 0.2) is 53.9 Å². The summed E-state index contributed by atoms with van der Waals surface area (Å²) in [6, 6.07) is 17.8. The van der Waals surface area contributed by atoms with E-state index in [4.69, 9.17) is 15.7 Å². The van der Waals surface area contributed by atoms with Crippen LogP contribution in [0.25, 0.3) is 0 Å². The Bertz CT molecular complexity index is 848. The van der Waals surface area contributed by atoms with E-state index in [1.807, 2.05) is 41.8 Å². The van der Waals surface area contributed by atoms with E-state index in [-0.39, 0.29) is 5.92 Å². The minimum atomic E-state index is 0.109. The lowest BCUT2D eigenvalue weighted by Crippen LogP contribution is -2.06. The molecule has 0 radical (unpaired) electrons. The Morgan fingerprint density at radius 1 is 1.17 bits per heavy atom. The fourth-order valence-electron chi connectivity index (χ4n) is 2.64. The van der Waals surface area contributed by atoms with Crippen molar-refractivity contribution in [1.29, 1.82) is 5.26 Å². The number of benzene rings is 2. The van der Waals surface area contributed by atoms with Crippen molar-refractivity contribution in [3.05, 3.63) is 76.3 Å². The first-order chi connectivity index (χ1) is 11.7. The normalized spacial score (nSPS) is 11.7. The van der Waals surface area contributed by atoms with Crippen LogP contribution in [0.3, 0.4) is 0 Å². The summed E-state index contributed by atoms with van der Waals surface area (Å²) in [4.78, 5) is 4.47. The molecule has 5 heteroatoms. The molecule has 1 aromatic heterocycles. The molecule has 3 rings (SSSR count). The van der Waals surface area contributed by atoms with Gasteiger partial charge >= 0.3 is 0 Å². The summed E-state index contributed by atoms with van der Waals surface area (Å²) < 4.78 is 5.24. The molecule has 0 bridgehead atoms. The molecular formula is C19H17N3OS. The highest BCUT2D eigenvalue weighted by molar-refractivity contribution is 7.13. The average molecular weight is 335 g/mol. The number of ether oxygens (including phenoxy) is 1. The van der Waals surface area contributed by atoms with Crippen molar-refractivity contribution in [2.75, 3.05) is 12.8 Å². The van der Waals surface area contributed by atoms with E-state index < -0.39 is 0 Å². The maximum atomic E-state index is 8.93. The monoisotopic (exact) mass is 335 g/mol. The SMILES string of the molecule is COc1ccc(C(Cc2ccc(C#N)cc2)c2csc(N)n2)cc1. The lowest BCUT2D eigenvalue weighted by atomic mass is 9.89. The summed E-state index contributed by atoms with van der Waals surface area (Å²) in [7, 11) is 1.66. The number of nitrogen functional groups attached to an aromatic ring is 1. The first-order valence-electron chi connectivity index (χ1n) is 7.53. The molecule has 0 fully saturated rings. The predicted octanol–water partition coefficient (Wildman–Crippen LogP) is 3.98. The molecule has 24 heavy (non-hydrogen) atoms. The lowest BCUT2D eigenvalue weighted by Gasteiger charge is -2.16. The third-order valence-electron chi connectivity index (χ3n) is 3.94. The smallest absolute Gasteiger partial charge is 0.180 e. The minimum Gasteiger partial charge on any atom is -0.497 e. The summed E-state index contributed by atoms with van der Waals surface area (Å²) in [5, 5.41) is 11.5. The first-order valence-corrected chi connectivity index (χ1v) is 8.41. The zero-order valence-electron chi connectivity index (χ0n) is 13.3. The molecule has 0 saturated heterocycles. The predicted molar refractivity (Wildman–Crippen MR) is 96.2 cm³/mol. The van der Waals surface area contributed by atoms with E-state index in [1.165, 1.54) is 11.3 Å². The van der Waals surface area contributed by atoms with Crippen LogP contribution in [-0.4, -0.2) is 12.1 Å². The van der Waals surface area contributed by atoms with Gasteiger partial charge in [0.25, 0.3) is 0 Å². The van der Waals surface area contributed by atoms with Crippen LogP contribution in [-0.2, 0) is 6.42 Å². The maximum absolute atomic E-state index is 8.93. The Labute approximate surface area is 145 Å². The highest BCUT2D eigenvalue weighted by Gasteiger charge is 2.18. The van der Waals surface area contributed by atoms with Crippen LogP contribution < -0.4 is 10.5 Å². The van der Waals surface area contributed by atoms with Gasteiger partial charge in [-0.3, -0.25) is 0 Å². The molecule has 2 aromatic carbocycles. The molecule has 0 saturated carbocycles. The van der Waals surface area contributed by atoms with Crippen molar-refractivity contribution >= 4 is 16.5 Å². The summed E-state index contributed by atoms with van der Waals surface area (Å²) in [6.07, 6.45) is 0.793. The van der Waals surface area contributed by atoms with Crippen LogP contribution in [0.2, 0.25) is 0 Å². The second-order valence-corrected chi connectivity index (χ2v) is 6.34. The minimum absolute atomic E-state index is 0.109. The first kappa shape index (κ1) is 16.0. The van der Waals surface area contributed by atoms with Crippen LogP contribution in [0, 0.1) is 11.3 Å². The number of nitriles is 1. The van der Waals surface area contributed by atoms with Crippen LogP contribution in [0.1, 0.15) is 28.3 Å². The van der Waals surface area contributed by atoms with Gasteiger partial charge in [-0.05, 0) is 41.8 Å². The van der Waals surface area contributed by atoms with Crippen LogP contribution in [0.5, 0.6) is 5.75 Å². The summed E-state index contributed by atoms with van der Waals surface area (Å²) in [5.41, 5.74) is 9.76.